The van der Waals surface area contributed by atoms with Gasteiger partial charge in [-0.2, -0.15) is 0 Å². The van der Waals surface area contributed by atoms with E-state index in [1.807, 2.05) is 12.1 Å². The maximum absolute atomic E-state index is 12.0. The molecule has 2 aliphatic rings. The average Bonchev–Trinajstić information content (AvgIpc) is 3.15. The lowest BCUT2D eigenvalue weighted by molar-refractivity contribution is -0.122. The molecule has 1 fully saturated rings. The monoisotopic (exact) mass is 362 g/mol. The van der Waals surface area contributed by atoms with Crippen molar-refractivity contribution in [3.8, 4) is 11.1 Å². The number of hydrogen-bond donors (Lipinski definition) is 3. The van der Waals surface area contributed by atoms with Gasteiger partial charge in [-0.15, -0.1) is 0 Å². The summed E-state index contributed by atoms with van der Waals surface area (Å²) in [4.78, 5) is 12.0. The third-order valence-electron chi connectivity index (χ3n) is 5.51. The third kappa shape index (κ3) is 3.61. The molecule has 1 amide bonds. The Kier molecular flexibility index (Phi) is 4.97. The zero-order valence-electron chi connectivity index (χ0n) is 15.6. The van der Waals surface area contributed by atoms with Crippen LogP contribution in [0, 0.1) is 0 Å². The van der Waals surface area contributed by atoms with E-state index in [9.17, 15) is 4.79 Å². The fourth-order valence-corrected chi connectivity index (χ4v) is 4.04. The number of nitrogens with two attached hydrogens (primary N) is 1. The highest BCUT2D eigenvalue weighted by molar-refractivity contribution is 5.84. The van der Waals surface area contributed by atoms with Gasteiger partial charge in [0.2, 0.25) is 5.91 Å². The summed E-state index contributed by atoms with van der Waals surface area (Å²) in [6.07, 6.45) is 4.71. The highest BCUT2D eigenvalue weighted by Crippen LogP contribution is 2.30. The van der Waals surface area contributed by atoms with Gasteiger partial charge in [-0.3, -0.25) is 4.79 Å². The maximum atomic E-state index is 12.0. The van der Waals surface area contributed by atoms with Crippen LogP contribution in [0.1, 0.15) is 18.4 Å². The molecule has 0 saturated carbocycles. The van der Waals surface area contributed by atoms with Crippen LogP contribution in [0.15, 0.2) is 66.4 Å². The molecule has 1 saturated heterocycles. The van der Waals surface area contributed by atoms with Crippen molar-refractivity contribution >= 4 is 5.91 Å². The Bertz CT molecular complexity index is 848. The first kappa shape index (κ1) is 17.8. The molecule has 2 aromatic rings. The van der Waals surface area contributed by atoms with Gasteiger partial charge in [-0.05, 0) is 42.0 Å². The van der Waals surface area contributed by atoms with Crippen LogP contribution in [-0.2, 0) is 11.2 Å². The smallest absolute Gasteiger partial charge is 0.242 e. The third-order valence-corrected chi connectivity index (χ3v) is 5.51. The number of piperidine rings is 1. The van der Waals surface area contributed by atoms with Crippen molar-refractivity contribution in [1.82, 2.24) is 15.8 Å². The molecular weight excluding hydrogens is 336 g/mol. The van der Waals surface area contributed by atoms with E-state index in [1.54, 1.807) is 7.05 Å². The predicted octanol–water partition coefficient (Wildman–Crippen LogP) is 2.20. The molecule has 27 heavy (non-hydrogen) atoms. The van der Waals surface area contributed by atoms with E-state index in [0.29, 0.717) is 0 Å². The summed E-state index contributed by atoms with van der Waals surface area (Å²) in [7, 11) is 1.66. The summed E-state index contributed by atoms with van der Waals surface area (Å²) in [5.74, 6) is -0.0182. The standard InChI is InChI=1S/C22H26N4O/c1-24-22(27)20-14-18-10-11-19(23)21(26(18)25-20)13-15-6-5-9-17(12-15)16-7-3-2-4-8-16/h2-9,12,14,19-21,25H,10-11,13,23H2,1H3,(H,24,27). The Balaban J connectivity index is 1.55. The molecule has 5 nitrogen and oxygen atoms in total. The quantitative estimate of drug-likeness (QED) is 0.780. The molecule has 0 radical (unpaired) electrons. The van der Waals surface area contributed by atoms with E-state index < -0.39 is 0 Å². The van der Waals surface area contributed by atoms with Crippen molar-refractivity contribution in [1.29, 1.82) is 0 Å². The Morgan fingerprint density at radius 3 is 2.74 bits per heavy atom. The largest absolute Gasteiger partial charge is 0.357 e. The molecular formula is C22H26N4O. The SMILES string of the molecule is CNC(=O)C1C=C2CCC(N)C(Cc3cccc(-c4ccccc4)c3)N2N1. The molecule has 2 aromatic carbocycles. The summed E-state index contributed by atoms with van der Waals surface area (Å²) in [5, 5.41) is 4.84. The molecule has 5 heteroatoms. The predicted molar refractivity (Wildman–Crippen MR) is 107 cm³/mol. The van der Waals surface area contributed by atoms with E-state index in [1.165, 1.54) is 22.4 Å². The Morgan fingerprint density at radius 2 is 1.96 bits per heavy atom. The summed E-state index contributed by atoms with van der Waals surface area (Å²) in [6, 6.07) is 18.9. The van der Waals surface area contributed by atoms with Crippen LogP contribution in [0.3, 0.4) is 0 Å². The van der Waals surface area contributed by atoms with Crippen LogP contribution >= 0.6 is 0 Å². The number of hydrogen-bond acceptors (Lipinski definition) is 4. The fourth-order valence-electron chi connectivity index (χ4n) is 4.04. The van der Waals surface area contributed by atoms with Crippen LogP contribution in [-0.4, -0.2) is 36.1 Å². The minimum atomic E-state index is -0.312. The Hall–Kier alpha value is -2.63. The number of amides is 1. The summed E-state index contributed by atoms with van der Waals surface area (Å²) in [6.45, 7) is 0. The van der Waals surface area contributed by atoms with E-state index in [4.69, 9.17) is 5.73 Å². The van der Waals surface area contributed by atoms with Gasteiger partial charge in [-0.25, -0.2) is 5.43 Å². The minimum absolute atomic E-state index is 0.0182. The van der Waals surface area contributed by atoms with Crippen molar-refractivity contribution in [3.63, 3.8) is 0 Å². The van der Waals surface area contributed by atoms with E-state index in [2.05, 4.69) is 64.3 Å². The summed E-state index contributed by atoms with van der Waals surface area (Å²) < 4.78 is 0. The van der Waals surface area contributed by atoms with Crippen LogP contribution in [0.2, 0.25) is 0 Å². The molecule has 140 valence electrons. The van der Waals surface area contributed by atoms with Crippen LogP contribution in [0.4, 0.5) is 0 Å². The molecule has 0 aliphatic carbocycles. The molecule has 0 aromatic heterocycles. The van der Waals surface area contributed by atoms with Gasteiger partial charge in [-0.1, -0.05) is 54.6 Å². The number of carbonyl (C=O) groups excluding carboxylic acids is 1. The number of nitrogens with one attached hydrogen (secondary N) is 2. The first-order chi connectivity index (χ1) is 13.2. The Labute approximate surface area is 160 Å². The second-order valence-electron chi connectivity index (χ2n) is 7.29. The number of rotatable bonds is 4. The number of benzene rings is 2. The van der Waals surface area contributed by atoms with E-state index in [-0.39, 0.29) is 24.0 Å². The van der Waals surface area contributed by atoms with Crippen molar-refractivity contribution in [3.05, 3.63) is 71.9 Å². The van der Waals surface area contributed by atoms with E-state index >= 15 is 0 Å². The maximum Gasteiger partial charge on any atom is 0.242 e. The van der Waals surface area contributed by atoms with Crippen LogP contribution < -0.4 is 16.5 Å². The second-order valence-corrected chi connectivity index (χ2v) is 7.29. The molecule has 2 heterocycles. The first-order valence-corrected chi connectivity index (χ1v) is 9.53. The van der Waals surface area contributed by atoms with E-state index in [0.717, 1.165) is 19.3 Å². The minimum Gasteiger partial charge on any atom is -0.357 e. The normalized spacial score (nSPS) is 24.3. The van der Waals surface area contributed by atoms with Gasteiger partial charge in [0.25, 0.3) is 0 Å². The molecule has 3 atom stereocenters. The number of nitrogens with zero attached hydrogens (tertiary/aromatic N) is 1. The van der Waals surface area contributed by atoms with Gasteiger partial charge in [0.05, 0.1) is 6.04 Å². The molecule has 0 bridgehead atoms. The molecule has 4 rings (SSSR count). The summed E-state index contributed by atoms with van der Waals surface area (Å²) >= 11 is 0. The second kappa shape index (κ2) is 7.55. The highest BCUT2D eigenvalue weighted by Gasteiger charge is 2.38. The topological polar surface area (TPSA) is 70.4 Å². The average molecular weight is 362 g/mol. The van der Waals surface area contributed by atoms with Gasteiger partial charge < -0.3 is 16.1 Å². The van der Waals surface area contributed by atoms with Crippen LogP contribution in [0.5, 0.6) is 0 Å². The van der Waals surface area contributed by atoms with Gasteiger partial charge >= 0.3 is 0 Å². The lowest BCUT2D eigenvalue weighted by Gasteiger charge is -2.40. The van der Waals surface area contributed by atoms with Gasteiger partial charge in [0.15, 0.2) is 0 Å². The lowest BCUT2D eigenvalue weighted by Crippen LogP contribution is -2.57. The van der Waals surface area contributed by atoms with Gasteiger partial charge in [0, 0.05) is 18.8 Å². The fraction of sp³-hybridized carbons (Fsp3) is 0.318. The Morgan fingerprint density at radius 1 is 1.19 bits per heavy atom. The molecule has 0 spiro atoms. The molecule has 4 N–H and O–H groups in total. The zero-order chi connectivity index (χ0) is 18.8. The summed E-state index contributed by atoms with van der Waals surface area (Å²) in [5.41, 5.74) is 14.7. The number of allylic oxidation sites excluding steroid dienone is 1. The number of carbonyl (C=O) groups is 1. The molecule has 3 unspecified atom stereocenters. The van der Waals surface area contributed by atoms with Crippen molar-refractivity contribution in [2.45, 2.75) is 37.4 Å². The van der Waals surface area contributed by atoms with Crippen molar-refractivity contribution in [2.24, 2.45) is 5.73 Å². The van der Waals surface area contributed by atoms with Gasteiger partial charge in [0.1, 0.15) is 6.04 Å². The number of likely N-dealkylation sites (N-methyl/N-ethyl adjacent to an activating group) is 1. The zero-order valence-corrected chi connectivity index (χ0v) is 15.6. The van der Waals surface area contributed by atoms with Crippen LogP contribution in [0.25, 0.3) is 11.1 Å². The van der Waals surface area contributed by atoms with Crippen molar-refractivity contribution < 1.29 is 4.79 Å². The lowest BCUT2D eigenvalue weighted by atomic mass is 9.90. The highest BCUT2D eigenvalue weighted by atomic mass is 16.2. The number of fused-ring (bicyclic) bond motifs is 1. The molecule has 2 aliphatic heterocycles. The number of hydrazine groups is 1. The first-order valence-electron chi connectivity index (χ1n) is 9.53. The van der Waals surface area contributed by atoms with Crippen molar-refractivity contribution in [2.75, 3.05) is 7.05 Å².